The second-order valence-corrected chi connectivity index (χ2v) is 8.77. The molecule has 0 spiro atoms. The van der Waals surface area contributed by atoms with E-state index in [1.165, 1.54) is 16.2 Å². The van der Waals surface area contributed by atoms with Gasteiger partial charge in [0.1, 0.15) is 11.5 Å². The average molecular weight is 477 g/mol. The van der Waals surface area contributed by atoms with Crippen LogP contribution < -0.4 is 9.64 Å². The predicted molar refractivity (Wildman–Crippen MR) is 129 cm³/mol. The molecular formula is C25H17ClN2O4S. The van der Waals surface area contributed by atoms with E-state index in [-0.39, 0.29) is 11.3 Å². The van der Waals surface area contributed by atoms with Crippen molar-refractivity contribution >= 4 is 56.3 Å². The highest BCUT2D eigenvalue weighted by atomic mass is 35.5. The summed E-state index contributed by atoms with van der Waals surface area (Å²) in [4.78, 5) is 31.7. The summed E-state index contributed by atoms with van der Waals surface area (Å²) in [6.45, 7) is 0. The van der Waals surface area contributed by atoms with Gasteiger partial charge in [-0.3, -0.25) is 14.5 Å². The Morgan fingerprint density at radius 2 is 1.79 bits per heavy atom. The van der Waals surface area contributed by atoms with E-state index in [9.17, 15) is 14.7 Å². The van der Waals surface area contributed by atoms with Crippen molar-refractivity contribution in [3.05, 3.63) is 94.0 Å². The molecule has 1 atom stereocenters. The van der Waals surface area contributed by atoms with E-state index >= 15 is 0 Å². The first-order valence-electron chi connectivity index (χ1n) is 10.0. The zero-order chi connectivity index (χ0) is 23.1. The summed E-state index contributed by atoms with van der Waals surface area (Å²) >= 11 is 7.30. The number of halogens is 1. The Morgan fingerprint density at radius 1 is 1.06 bits per heavy atom. The van der Waals surface area contributed by atoms with Crippen LogP contribution in [0.1, 0.15) is 17.2 Å². The maximum atomic E-state index is 13.1. The second-order valence-electron chi connectivity index (χ2n) is 7.46. The lowest BCUT2D eigenvalue weighted by Crippen LogP contribution is -2.29. The number of hydrogen-bond donors (Lipinski definition) is 1. The smallest absolute Gasteiger partial charge is 0.301 e. The molecule has 33 heavy (non-hydrogen) atoms. The summed E-state index contributed by atoms with van der Waals surface area (Å²) in [7, 11) is 1.60. The highest BCUT2D eigenvalue weighted by molar-refractivity contribution is 7.14. The number of carbonyl (C=O) groups excluding carboxylic acids is 2. The zero-order valence-corrected chi connectivity index (χ0v) is 18.9. The van der Waals surface area contributed by atoms with Gasteiger partial charge in [0.2, 0.25) is 0 Å². The van der Waals surface area contributed by atoms with E-state index in [1.54, 1.807) is 55.1 Å². The molecule has 1 aliphatic rings. The lowest BCUT2D eigenvalue weighted by atomic mass is 9.94. The number of nitrogens with zero attached hydrogens (tertiary/aromatic N) is 2. The van der Waals surface area contributed by atoms with E-state index in [1.807, 2.05) is 24.3 Å². The number of hydrogen-bond acceptors (Lipinski definition) is 6. The number of fused-ring (bicyclic) bond motifs is 1. The normalized spacial score (nSPS) is 17.6. The number of benzene rings is 3. The molecule has 4 aromatic rings. The number of aliphatic hydroxyl groups is 1. The van der Waals surface area contributed by atoms with Crippen LogP contribution in [0.3, 0.4) is 0 Å². The van der Waals surface area contributed by atoms with Gasteiger partial charge in [0, 0.05) is 22.2 Å². The summed E-state index contributed by atoms with van der Waals surface area (Å²) in [5.41, 5.74) is 1.08. The number of thiazole rings is 1. The fraction of sp³-hybridized carbons (Fsp3) is 0.0800. The Bertz CT molecular complexity index is 1410. The SMILES string of the molecule is COc1ccc2cc(/C(O)=C3\C(=O)C(=O)N(c4nccs4)C3c3ccc(Cl)cc3)ccc2c1. The maximum absolute atomic E-state index is 13.1. The van der Waals surface area contributed by atoms with Gasteiger partial charge in [-0.15, -0.1) is 11.3 Å². The van der Waals surface area contributed by atoms with Crippen molar-refractivity contribution in [2.75, 3.05) is 12.0 Å². The standard InChI is InChI=1S/C25H17ClN2O4S/c1-32-19-9-6-15-12-17(3-2-16(15)13-19)22(29)20-21(14-4-7-18(26)8-5-14)28(24(31)23(20)30)25-27-10-11-33-25/h2-13,21,29H,1H3/b22-20+. The molecule has 6 nitrogen and oxygen atoms in total. The van der Waals surface area contributed by atoms with Crippen LogP contribution in [0.25, 0.3) is 16.5 Å². The first kappa shape index (κ1) is 21.2. The third-order valence-corrected chi connectivity index (χ3v) is 6.60. The molecule has 1 aromatic heterocycles. The molecule has 0 aliphatic carbocycles. The lowest BCUT2D eigenvalue weighted by Gasteiger charge is -2.23. The Hall–Kier alpha value is -3.68. The number of ether oxygens (including phenoxy) is 1. The van der Waals surface area contributed by atoms with E-state index in [0.29, 0.717) is 21.3 Å². The monoisotopic (exact) mass is 476 g/mol. The zero-order valence-electron chi connectivity index (χ0n) is 17.4. The average Bonchev–Trinajstić information content (AvgIpc) is 3.45. The first-order valence-corrected chi connectivity index (χ1v) is 11.3. The van der Waals surface area contributed by atoms with E-state index in [2.05, 4.69) is 4.98 Å². The van der Waals surface area contributed by atoms with Crippen LogP contribution in [0.2, 0.25) is 5.02 Å². The fourth-order valence-electron chi connectivity index (χ4n) is 3.98. The number of carbonyl (C=O) groups is 2. The number of aromatic nitrogens is 1. The van der Waals surface area contributed by atoms with Crippen molar-refractivity contribution in [2.24, 2.45) is 0 Å². The van der Waals surface area contributed by atoms with Crippen LogP contribution in [0.15, 0.2) is 77.8 Å². The largest absolute Gasteiger partial charge is 0.507 e. The summed E-state index contributed by atoms with van der Waals surface area (Å²) in [6, 6.07) is 16.9. The number of methoxy groups -OCH3 is 1. The third kappa shape index (κ3) is 3.65. The number of Topliss-reactive ketones (excluding diaryl/α,β-unsaturated/α-hetero) is 1. The summed E-state index contributed by atoms with van der Waals surface area (Å²) < 4.78 is 5.27. The molecule has 0 saturated carbocycles. The Kier molecular flexibility index (Phi) is 5.36. The van der Waals surface area contributed by atoms with Crippen LogP contribution in [0.4, 0.5) is 5.13 Å². The molecule has 8 heteroatoms. The molecule has 1 saturated heterocycles. The molecule has 1 amide bonds. The van der Waals surface area contributed by atoms with Crippen molar-refractivity contribution in [1.82, 2.24) is 4.98 Å². The number of aliphatic hydroxyl groups excluding tert-OH is 1. The highest BCUT2D eigenvalue weighted by Crippen LogP contribution is 2.43. The minimum atomic E-state index is -0.833. The molecular weight excluding hydrogens is 460 g/mol. The minimum Gasteiger partial charge on any atom is -0.507 e. The van der Waals surface area contributed by atoms with E-state index < -0.39 is 17.7 Å². The Labute approximate surface area is 198 Å². The minimum absolute atomic E-state index is 0.00499. The lowest BCUT2D eigenvalue weighted by molar-refractivity contribution is -0.132. The third-order valence-electron chi connectivity index (χ3n) is 5.58. The maximum Gasteiger partial charge on any atom is 0.301 e. The number of rotatable bonds is 4. The molecule has 1 N–H and O–H groups in total. The summed E-state index contributed by atoms with van der Waals surface area (Å²) in [5, 5.41) is 15.7. The van der Waals surface area contributed by atoms with Crippen molar-refractivity contribution in [3.8, 4) is 5.75 Å². The van der Waals surface area contributed by atoms with Crippen LogP contribution in [-0.2, 0) is 9.59 Å². The van der Waals surface area contributed by atoms with Gasteiger partial charge in [0.25, 0.3) is 5.78 Å². The highest BCUT2D eigenvalue weighted by Gasteiger charge is 2.47. The molecule has 5 rings (SSSR count). The van der Waals surface area contributed by atoms with Gasteiger partial charge >= 0.3 is 5.91 Å². The molecule has 0 radical (unpaired) electrons. The quantitative estimate of drug-likeness (QED) is 0.236. The van der Waals surface area contributed by atoms with Crippen LogP contribution in [-0.4, -0.2) is 28.9 Å². The van der Waals surface area contributed by atoms with Crippen LogP contribution in [0, 0.1) is 0 Å². The Morgan fingerprint density at radius 3 is 2.48 bits per heavy atom. The molecule has 1 fully saturated rings. The van der Waals surface area contributed by atoms with Crippen molar-refractivity contribution in [2.45, 2.75) is 6.04 Å². The summed E-state index contributed by atoms with van der Waals surface area (Å²) in [5.74, 6) is -1.03. The van der Waals surface area contributed by atoms with E-state index in [0.717, 1.165) is 16.5 Å². The van der Waals surface area contributed by atoms with Gasteiger partial charge < -0.3 is 9.84 Å². The van der Waals surface area contributed by atoms with Crippen molar-refractivity contribution in [1.29, 1.82) is 0 Å². The molecule has 1 aliphatic heterocycles. The van der Waals surface area contributed by atoms with Crippen molar-refractivity contribution < 1.29 is 19.4 Å². The number of ketones is 1. The van der Waals surface area contributed by atoms with Gasteiger partial charge in [-0.25, -0.2) is 4.98 Å². The van der Waals surface area contributed by atoms with Gasteiger partial charge in [0.05, 0.1) is 18.7 Å². The van der Waals surface area contributed by atoms with Gasteiger partial charge in [0.15, 0.2) is 5.13 Å². The Balaban J connectivity index is 1.69. The molecule has 2 heterocycles. The summed E-state index contributed by atoms with van der Waals surface area (Å²) in [6.07, 6.45) is 1.57. The first-order chi connectivity index (χ1) is 16.0. The van der Waals surface area contributed by atoms with Gasteiger partial charge in [-0.2, -0.15) is 0 Å². The molecule has 3 aromatic carbocycles. The van der Waals surface area contributed by atoms with Crippen LogP contribution >= 0.6 is 22.9 Å². The molecule has 0 bridgehead atoms. The number of amides is 1. The van der Waals surface area contributed by atoms with Gasteiger partial charge in [-0.1, -0.05) is 41.9 Å². The van der Waals surface area contributed by atoms with Crippen molar-refractivity contribution in [3.63, 3.8) is 0 Å². The molecule has 164 valence electrons. The predicted octanol–water partition coefficient (Wildman–Crippen LogP) is 5.58. The fourth-order valence-corrected chi connectivity index (χ4v) is 4.77. The van der Waals surface area contributed by atoms with Crippen LogP contribution in [0.5, 0.6) is 5.75 Å². The second kappa shape index (κ2) is 8.35. The molecule has 1 unspecified atom stereocenters. The van der Waals surface area contributed by atoms with Gasteiger partial charge in [-0.05, 0) is 46.7 Å². The number of anilines is 1. The van der Waals surface area contributed by atoms with E-state index in [4.69, 9.17) is 16.3 Å². The topological polar surface area (TPSA) is 79.7 Å².